The van der Waals surface area contributed by atoms with E-state index in [1.54, 1.807) is 32.0 Å². The van der Waals surface area contributed by atoms with Gasteiger partial charge in [0.2, 0.25) is 0 Å². The van der Waals surface area contributed by atoms with Crippen molar-refractivity contribution in [3.8, 4) is 5.75 Å². The third-order valence-electron chi connectivity index (χ3n) is 2.86. The lowest BCUT2D eigenvalue weighted by atomic mass is 10.2. The maximum atomic E-state index is 12.8. The van der Waals surface area contributed by atoms with Gasteiger partial charge in [0.1, 0.15) is 17.4 Å². The highest BCUT2D eigenvalue weighted by molar-refractivity contribution is 6.31. The van der Waals surface area contributed by atoms with Gasteiger partial charge in [-0.15, -0.1) is 0 Å². The molecule has 0 atom stereocenters. The first-order chi connectivity index (χ1) is 9.36. The summed E-state index contributed by atoms with van der Waals surface area (Å²) in [6.07, 6.45) is 0. The maximum Gasteiger partial charge on any atom is 0.129 e. The van der Waals surface area contributed by atoms with Gasteiger partial charge in [0.15, 0.2) is 0 Å². The molecule has 0 heterocycles. The van der Waals surface area contributed by atoms with Crippen molar-refractivity contribution in [3.63, 3.8) is 0 Å². The van der Waals surface area contributed by atoms with E-state index >= 15 is 0 Å². The summed E-state index contributed by atoms with van der Waals surface area (Å²) in [4.78, 5) is 0. The number of methoxy groups -OCH3 is 1. The molecule has 1 nitrogen and oxygen atoms in total. The third-order valence-corrected chi connectivity index (χ3v) is 3.26. The largest absolute Gasteiger partial charge is 0.496 e. The van der Waals surface area contributed by atoms with Gasteiger partial charge in [-0.3, -0.25) is 0 Å². The molecule has 20 heavy (non-hydrogen) atoms. The topological polar surface area (TPSA) is 9.23 Å². The monoisotopic (exact) mass is 298 g/mol. The van der Waals surface area contributed by atoms with Crippen molar-refractivity contribution in [1.82, 2.24) is 0 Å². The van der Waals surface area contributed by atoms with Crippen LogP contribution in [0.25, 0.3) is 0 Å². The molecule has 0 spiro atoms. The van der Waals surface area contributed by atoms with E-state index in [0.717, 1.165) is 5.56 Å². The maximum absolute atomic E-state index is 12.8. The van der Waals surface area contributed by atoms with Crippen molar-refractivity contribution < 1.29 is 13.5 Å². The molecule has 2 rings (SSSR count). The zero-order valence-electron chi connectivity index (χ0n) is 11.9. The van der Waals surface area contributed by atoms with Crippen molar-refractivity contribution in [2.45, 2.75) is 20.8 Å². The van der Waals surface area contributed by atoms with Crippen molar-refractivity contribution in [3.05, 3.63) is 63.7 Å². The van der Waals surface area contributed by atoms with Crippen molar-refractivity contribution >= 4 is 11.6 Å². The van der Waals surface area contributed by atoms with Crippen LogP contribution < -0.4 is 4.74 Å². The Balaban J connectivity index is 0.000000200. The van der Waals surface area contributed by atoms with Crippen LogP contribution in [0, 0.1) is 32.4 Å². The summed E-state index contributed by atoms with van der Waals surface area (Å²) in [6.45, 7) is 5.17. The normalized spacial score (nSPS) is 9.75. The van der Waals surface area contributed by atoms with Crippen LogP contribution >= 0.6 is 11.6 Å². The van der Waals surface area contributed by atoms with E-state index < -0.39 is 0 Å². The summed E-state index contributed by atoms with van der Waals surface area (Å²) in [5.74, 6) is 0.143. The fourth-order valence-electron chi connectivity index (χ4n) is 1.58. The second-order valence-corrected chi connectivity index (χ2v) is 4.83. The fourth-order valence-corrected chi connectivity index (χ4v) is 1.84. The van der Waals surface area contributed by atoms with Crippen molar-refractivity contribution in [1.29, 1.82) is 0 Å². The number of ether oxygens (including phenoxy) is 1. The lowest BCUT2D eigenvalue weighted by molar-refractivity contribution is 0.407. The number of hydrogen-bond donors (Lipinski definition) is 0. The number of aryl methyl sites for hydroxylation is 1. The Morgan fingerprint density at radius 3 is 2.10 bits per heavy atom. The quantitative estimate of drug-likeness (QED) is 0.699. The Morgan fingerprint density at radius 1 is 0.950 bits per heavy atom. The highest BCUT2D eigenvalue weighted by Crippen LogP contribution is 2.19. The first kappa shape index (κ1) is 16.4. The van der Waals surface area contributed by atoms with Gasteiger partial charge in [0.05, 0.1) is 7.11 Å². The second-order valence-electron chi connectivity index (χ2n) is 4.42. The smallest absolute Gasteiger partial charge is 0.129 e. The molecule has 0 radical (unpaired) electrons. The minimum Gasteiger partial charge on any atom is -0.496 e. The summed E-state index contributed by atoms with van der Waals surface area (Å²) in [7, 11) is 1.53. The van der Waals surface area contributed by atoms with Gasteiger partial charge in [-0.1, -0.05) is 17.7 Å². The molecule has 0 aliphatic carbocycles. The zero-order chi connectivity index (χ0) is 15.3. The lowest BCUT2D eigenvalue weighted by Crippen LogP contribution is -1.88. The van der Waals surface area contributed by atoms with E-state index in [4.69, 9.17) is 16.3 Å². The van der Waals surface area contributed by atoms with Crippen LogP contribution in [0.15, 0.2) is 30.3 Å². The van der Waals surface area contributed by atoms with E-state index in [0.29, 0.717) is 21.9 Å². The van der Waals surface area contributed by atoms with E-state index in [9.17, 15) is 8.78 Å². The van der Waals surface area contributed by atoms with Gasteiger partial charge in [0.25, 0.3) is 0 Å². The van der Waals surface area contributed by atoms with Gasteiger partial charge >= 0.3 is 0 Å². The number of halogens is 3. The molecule has 0 saturated heterocycles. The van der Waals surface area contributed by atoms with E-state index in [1.165, 1.54) is 19.2 Å². The predicted octanol–water partition coefficient (Wildman–Crippen LogP) is 5.24. The molecule has 0 bridgehead atoms. The average molecular weight is 299 g/mol. The SMILES string of the molecule is COc1cccc(F)c1C.Cc1cc(F)c(C)c(Cl)c1. The Morgan fingerprint density at radius 2 is 1.60 bits per heavy atom. The van der Waals surface area contributed by atoms with E-state index in [-0.39, 0.29) is 11.6 Å². The zero-order valence-corrected chi connectivity index (χ0v) is 12.7. The van der Waals surface area contributed by atoms with Crippen LogP contribution in [0.4, 0.5) is 8.78 Å². The predicted molar refractivity (Wildman–Crippen MR) is 78.6 cm³/mol. The Kier molecular flexibility index (Phi) is 5.96. The highest BCUT2D eigenvalue weighted by Gasteiger charge is 2.01. The van der Waals surface area contributed by atoms with Crippen molar-refractivity contribution in [2.75, 3.05) is 7.11 Å². The molecule has 0 aliphatic heterocycles. The molecule has 0 aromatic heterocycles. The molecule has 2 aromatic rings. The molecule has 0 unspecified atom stereocenters. The highest BCUT2D eigenvalue weighted by atomic mass is 35.5. The minimum absolute atomic E-state index is 0.223. The van der Waals surface area contributed by atoms with Gasteiger partial charge < -0.3 is 4.74 Å². The molecule has 0 N–H and O–H groups in total. The van der Waals surface area contributed by atoms with Crippen LogP contribution in [0.3, 0.4) is 0 Å². The van der Waals surface area contributed by atoms with E-state index in [1.807, 2.05) is 6.92 Å². The molecule has 0 saturated carbocycles. The number of benzene rings is 2. The fraction of sp³-hybridized carbons (Fsp3) is 0.250. The Bertz CT molecular complexity index is 574. The summed E-state index contributed by atoms with van der Waals surface area (Å²) < 4.78 is 30.3. The van der Waals surface area contributed by atoms with Crippen LogP contribution in [0.5, 0.6) is 5.75 Å². The molecule has 4 heteroatoms. The summed E-state index contributed by atoms with van der Waals surface area (Å²) in [6, 6.07) is 8.00. The summed E-state index contributed by atoms with van der Waals surface area (Å²) in [5.41, 5.74) is 1.94. The summed E-state index contributed by atoms with van der Waals surface area (Å²) >= 11 is 5.68. The Hall–Kier alpha value is -1.61. The van der Waals surface area contributed by atoms with Crippen LogP contribution in [-0.4, -0.2) is 7.11 Å². The van der Waals surface area contributed by atoms with Crippen LogP contribution in [0.1, 0.15) is 16.7 Å². The number of hydrogen-bond acceptors (Lipinski definition) is 1. The lowest BCUT2D eigenvalue weighted by Gasteiger charge is -2.02. The standard InChI is InChI=1S/C8H8ClF.C8H9FO/c1-5-3-7(9)6(2)8(10)4-5;1-6-7(9)4-3-5-8(6)10-2/h3-4H,1-2H3;3-5H,1-2H3. The van der Waals surface area contributed by atoms with E-state index in [2.05, 4.69) is 0 Å². The van der Waals surface area contributed by atoms with Gasteiger partial charge in [-0.2, -0.15) is 0 Å². The average Bonchev–Trinajstić information content (AvgIpc) is 2.40. The van der Waals surface area contributed by atoms with Gasteiger partial charge in [0, 0.05) is 16.1 Å². The van der Waals surface area contributed by atoms with Crippen LogP contribution in [-0.2, 0) is 0 Å². The third kappa shape index (κ3) is 4.20. The molecule has 108 valence electrons. The molecule has 0 fully saturated rings. The molecule has 2 aromatic carbocycles. The first-order valence-electron chi connectivity index (χ1n) is 6.08. The summed E-state index contributed by atoms with van der Waals surface area (Å²) in [5, 5.41) is 0.498. The van der Waals surface area contributed by atoms with Gasteiger partial charge in [-0.25, -0.2) is 8.78 Å². The minimum atomic E-state index is -0.231. The van der Waals surface area contributed by atoms with Gasteiger partial charge in [-0.05, 0) is 50.6 Å². The second kappa shape index (κ2) is 7.25. The van der Waals surface area contributed by atoms with Crippen molar-refractivity contribution in [2.24, 2.45) is 0 Å². The molecular weight excluding hydrogens is 282 g/mol. The molecule has 0 aliphatic rings. The van der Waals surface area contributed by atoms with Crippen LogP contribution in [0.2, 0.25) is 5.02 Å². The molecule has 0 amide bonds. The number of rotatable bonds is 1. The Labute approximate surface area is 123 Å². The molecular formula is C16H17ClF2O. The first-order valence-corrected chi connectivity index (χ1v) is 6.46.